The molecule has 1 amide bonds. The number of amides is 1. The van der Waals surface area contributed by atoms with Crippen LogP contribution in [-0.4, -0.2) is 36.5 Å². The number of carbonyl (C=O) groups is 2. The van der Waals surface area contributed by atoms with Crippen molar-refractivity contribution in [2.24, 2.45) is 0 Å². The first-order valence-corrected chi connectivity index (χ1v) is 7.55. The monoisotopic (exact) mass is 359 g/mol. The minimum Gasteiger partial charge on any atom is -0.467 e. The zero-order valence-corrected chi connectivity index (χ0v) is 13.4. The van der Waals surface area contributed by atoms with E-state index in [4.69, 9.17) is 16.3 Å². The molecule has 0 N–H and O–H groups in total. The summed E-state index contributed by atoms with van der Waals surface area (Å²) in [6, 6.07) is 4.50. The van der Waals surface area contributed by atoms with Gasteiger partial charge in [-0.05, 0) is 53.4 Å². The molecule has 1 aromatic rings. The Balaban J connectivity index is 2.27. The van der Waals surface area contributed by atoms with Crippen molar-refractivity contribution in [3.63, 3.8) is 0 Å². The minimum atomic E-state index is -0.496. The zero-order chi connectivity index (χ0) is 14.7. The highest BCUT2D eigenvalue weighted by Gasteiger charge is 2.33. The molecule has 0 aromatic heterocycles. The van der Waals surface area contributed by atoms with E-state index in [0.717, 1.165) is 12.8 Å². The Bertz CT molecular complexity index is 535. The van der Waals surface area contributed by atoms with Gasteiger partial charge < -0.3 is 9.64 Å². The summed E-state index contributed by atoms with van der Waals surface area (Å²) in [4.78, 5) is 26.0. The zero-order valence-electron chi connectivity index (χ0n) is 11.1. The fourth-order valence-electron chi connectivity index (χ4n) is 2.37. The molecule has 1 aliphatic heterocycles. The largest absolute Gasteiger partial charge is 0.467 e. The van der Waals surface area contributed by atoms with Gasteiger partial charge in [-0.1, -0.05) is 11.6 Å². The standard InChI is InChI=1S/C14H15BrClNO3/c1-20-14(19)12-4-2-3-7-17(12)13(18)10-6-5-9(16)8-11(10)15/h5-6,8,12H,2-4,7H2,1H3. The molecular formula is C14H15BrClNO3. The summed E-state index contributed by atoms with van der Waals surface area (Å²) in [5.41, 5.74) is 0.505. The molecule has 1 unspecified atom stereocenters. The number of piperidine rings is 1. The van der Waals surface area contributed by atoms with Gasteiger partial charge in [-0.2, -0.15) is 0 Å². The highest BCUT2D eigenvalue weighted by Crippen LogP contribution is 2.26. The van der Waals surface area contributed by atoms with Crippen LogP contribution >= 0.6 is 27.5 Å². The van der Waals surface area contributed by atoms with Crippen molar-refractivity contribution in [3.05, 3.63) is 33.3 Å². The van der Waals surface area contributed by atoms with Crippen molar-refractivity contribution in [1.29, 1.82) is 0 Å². The Labute approximate surface area is 131 Å². The van der Waals surface area contributed by atoms with E-state index < -0.39 is 6.04 Å². The molecule has 0 bridgehead atoms. The Kier molecular flexibility index (Phi) is 5.05. The SMILES string of the molecule is COC(=O)C1CCCCN1C(=O)c1ccc(Cl)cc1Br. The second-order valence-electron chi connectivity index (χ2n) is 4.66. The number of carbonyl (C=O) groups excluding carboxylic acids is 2. The maximum atomic E-state index is 12.6. The van der Waals surface area contributed by atoms with Crippen molar-refractivity contribution in [2.45, 2.75) is 25.3 Å². The number of ether oxygens (including phenoxy) is 1. The Hall–Kier alpha value is -1.07. The fourth-order valence-corrected chi connectivity index (χ4v) is 3.23. The molecule has 0 spiro atoms. The molecule has 2 rings (SSSR count). The summed E-state index contributed by atoms with van der Waals surface area (Å²) >= 11 is 9.22. The molecule has 4 nitrogen and oxygen atoms in total. The summed E-state index contributed by atoms with van der Waals surface area (Å²) in [7, 11) is 1.35. The minimum absolute atomic E-state index is 0.177. The van der Waals surface area contributed by atoms with E-state index in [9.17, 15) is 9.59 Å². The van der Waals surface area contributed by atoms with E-state index in [2.05, 4.69) is 15.9 Å². The smallest absolute Gasteiger partial charge is 0.328 e. The first-order valence-electron chi connectivity index (χ1n) is 6.38. The molecule has 20 heavy (non-hydrogen) atoms. The van der Waals surface area contributed by atoms with Crippen LogP contribution in [0.4, 0.5) is 0 Å². The topological polar surface area (TPSA) is 46.6 Å². The molecule has 0 saturated carbocycles. The predicted octanol–water partition coefficient (Wildman–Crippen LogP) is 3.27. The van der Waals surface area contributed by atoms with Gasteiger partial charge >= 0.3 is 5.97 Å². The third-order valence-corrected chi connectivity index (χ3v) is 4.29. The van der Waals surface area contributed by atoms with E-state index in [-0.39, 0.29) is 11.9 Å². The van der Waals surface area contributed by atoms with Crippen molar-refractivity contribution >= 4 is 39.4 Å². The third kappa shape index (κ3) is 3.15. The van der Waals surface area contributed by atoms with Gasteiger partial charge in [-0.25, -0.2) is 4.79 Å². The van der Waals surface area contributed by atoms with Crippen LogP contribution in [0.5, 0.6) is 0 Å². The van der Waals surface area contributed by atoms with Crippen LogP contribution in [0, 0.1) is 0 Å². The Morgan fingerprint density at radius 3 is 2.80 bits per heavy atom. The number of nitrogens with zero attached hydrogens (tertiary/aromatic N) is 1. The molecule has 6 heteroatoms. The quantitative estimate of drug-likeness (QED) is 0.761. The molecular weight excluding hydrogens is 346 g/mol. The van der Waals surface area contributed by atoms with Crippen LogP contribution < -0.4 is 0 Å². The molecule has 1 saturated heterocycles. The average molecular weight is 361 g/mol. The number of hydrogen-bond acceptors (Lipinski definition) is 3. The van der Waals surface area contributed by atoms with Crippen molar-refractivity contribution < 1.29 is 14.3 Å². The number of esters is 1. The van der Waals surface area contributed by atoms with Crippen molar-refractivity contribution in [2.75, 3.05) is 13.7 Å². The lowest BCUT2D eigenvalue weighted by Gasteiger charge is -2.34. The predicted molar refractivity (Wildman–Crippen MR) is 79.8 cm³/mol. The summed E-state index contributed by atoms with van der Waals surface area (Å²) < 4.78 is 5.42. The first kappa shape index (κ1) is 15.3. The molecule has 1 aliphatic rings. The molecule has 0 aliphatic carbocycles. The Morgan fingerprint density at radius 1 is 1.40 bits per heavy atom. The van der Waals surface area contributed by atoms with Gasteiger partial charge in [0.2, 0.25) is 0 Å². The highest BCUT2D eigenvalue weighted by molar-refractivity contribution is 9.10. The van der Waals surface area contributed by atoms with E-state index in [1.54, 1.807) is 23.1 Å². The lowest BCUT2D eigenvalue weighted by Crippen LogP contribution is -2.48. The van der Waals surface area contributed by atoms with Gasteiger partial charge in [0, 0.05) is 16.0 Å². The van der Waals surface area contributed by atoms with Crippen LogP contribution in [0.3, 0.4) is 0 Å². The maximum absolute atomic E-state index is 12.6. The van der Waals surface area contributed by atoms with Crippen LogP contribution in [0.25, 0.3) is 0 Å². The maximum Gasteiger partial charge on any atom is 0.328 e. The number of hydrogen-bond donors (Lipinski definition) is 0. The van der Waals surface area contributed by atoms with E-state index >= 15 is 0 Å². The lowest BCUT2D eigenvalue weighted by atomic mass is 10.0. The molecule has 1 heterocycles. The summed E-state index contributed by atoms with van der Waals surface area (Å²) in [5.74, 6) is -0.535. The number of likely N-dealkylation sites (tertiary alicyclic amines) is 1. The van der Waals surface area contributed by atoms with Crippen molar-refractivity contribution in [1.82, 2.24) is 4.90 Å². The Morgan fingerprint density at radius 2 is 2.15 bits per heavy atom. The van der Waals surface area contributed by atoms with E-state index in [0.29, 0.717) is 28.0 Å². The molecule has 1 fully saturated rings. The van der Waals surface area contributed by atoms with Gasteiger partial charge in [-0.3, -0.25) is 4.79 Å². The third-order valence-electron chi connectivity index (χ3n) is 3.40. The van der Waals surface area contributed by atoms with Gasteiger partial charge in [-0.15, -0.1) is 0 Å². The van der Waals surface area contributed by atoms with Gasteiger partial charge in [0.25, 0.3) is 5.91 Å². The lowest BCUT2D eigenvalue weighted by molar-refractivity contribution is -0.147. The number of rotatable bonds is 2. The molecule has 1 atom stereocenters. The average Bonchev–Trinajstić information content (AvgIpc) is 2.46. The van der Waals surface area contributed by atoms with Gasteiger partial charge in [0.15, 0.2) is 0 Å². The van der Waals surface area contributed by atoms with Crippen LogP contribution in [0.15, 0.2) is 22.7 Å². The number of halogens is 2. The van der Waals surface area contributed by atoms with Crippen LogP contribution in [0.1, 0.15) is 29.6 Å². The van der Waals surface area contributed by atoms with E-state index in [1.165, 1.54) is 7.11 Å². The van der Waals surface area contributed by atoms with Gasteiger partial charge in [0.05, 0.1) is 12.7 Å². The molecule has 108 valence electrons. The normalized spacial score (nSPS) is 18.8. The van der Waals surface area contributed by atoms with Gasteiger partial charge in [0.1, 0.15) is 6.04 Å². The second kappa shape index (κ2) is 6.59. The van der Waals surface area contributed by atoms with E-state index in [1.807, 2.05) is 0 Å². The number of methoxy groups -OCH3 is 1. The van der Waals surface area contributed by atoms with Crippen LogP contribution in [0.2, 0.25) is 5.02 Å². The number of benzene rings is 1. The summed E-state index contributed by atoms with van der Waals surface area (Å²) in [6.45, 7) is 0.563. The fraction of sp³-hybridized carbons (Fsp3) is 0.429. The molecule has 1 aromatic carbocycles. The summed E-state index contributed by atoms with van der Waals surface area (Å²) in [6.07, 6.45) is 2.46. The second-order valence-corrected chi connectivity index (χ2v) is 5.95. The highest BCUT2D eigenvalue weighted by atomic mass is 79.9. The summed E-state index contributed by atoms with van der Waals surface area (Å²) in [5, 5.41) is 0.552. The van der Waals surface area contributed by atoms with Crippen molar-refractivity contribution in [3.8, 4) is 0 Å². The molecule has 0 radical (unpaired) electrons. The van der Waals surface area contributed by atoms with Crippen LogP contribution in [-0.2, 0) is 9.53 Å². The first-order chi connectivity index (χ1) is 9.54.